The molecule has 10 heteroatoms. The Morgan fingerprint density at radius 1 is 1.33 bits per heavy atom. The highest BCUT2D eigenvalue weighted by atomic mass is 19.1. The number of hydroxylamine groups is 2. The number of halogens is 1. The zero-order chi connectivity index (χ0) is 20.0. The number of aliphatic hydroxyl groups is 1. The quantitative estimate of drug-likeness (QED) is 0.772. The van der Waals surface area contributed by atoms with Gasteiger partial charge >= 0.3 is 6.09 Å². The van der Waals surface area contributed by atoms with E-state index in [4.69, 9.17) is 14.7 Å². The molecule has 3 N–H and O–H groups in total. The lowest BCUT2D eigenvalue weighted by Crippen LogP contribution is -2.36. The summed E-state index contributed by atoms with van der Waals surface area (Å²) in [6.07, 6.45) is -0.714. The minimum Gasteiger partial charge on any atom is -0.444 e. The first-order valence-corrected chi connectivity index (χ1v) is 8.64. The Kier molecular flexibility index (Phi) is 7.34. The van der Waals surface area contributed by atoms with Crippen molar-refractivity contribution in [1.29, 1.82) is 0 Å². The number of hydrogen-bond acceptors (Lipinski definition) is 7. The van der Waals surface area contributed by atoms with E-state index in [-0.39, 0.29) is 19.3 Å². The smallest absolute Gasteiger partial charge is 0.414 e. The molecule has 2 aliphatic rings. The number of aliphatic hydroxyl groups excluding tert-OH is 1. The van der Waals surface area contributed by atoms with Gasteiger partial charge in [0.1, 0.15) is 18.5 Å². The molecule has 27 heavy (non-hydrogen) atoms. The molecular formula is C17H25FN4O5. The van der Waals surface area contributed by atoms with E-state index in [2.05, 4.69) is 5.73 Å². The van der Waals surface area contributed by atoms with E-state index in [1.807, 2.05) is 0 Å². The van der Waals surface area contributed by atoms with Gasteiger partial charge in [-0.2, -0.15) is 0 Å². The number of hydrogen-bond donors (Lipinski definition) is 2. The molecule has 3 rings (SSSR count). The lowest BCUT2D eigenvalue weighted by atomic mass is 10.2. The second-order valence-electron chi connectivity index (χ2n) is 5.91. The maximum atomic E-state index is 14.6. The zero-order valence-electron chi connectivity index (χ0n) is 15.4. The van der Waals surface area contributed by atoms with Crippen molar-refractivity contribution in [3.63, 3.8) is 0 Å². The van der Waals surface area contributed by atoms with Crippen LogP contribution in [0.1, 0.15) is 6.92 Å². The van der Waals surface area contributed by atoms with E-state index in [1.165, 1.54) is 18.0 Å². The second kappa shape index (κ2) is 9.49. The van der Waals surface area contributed by atoms with Gasteiger partial charge in [0.25, 0.3) is 5.91 Å². The van der Waals surface area contributed by atoms with Gasteiger partial charge in [-0.05, 0) is 32.2 Å². The van der Waals surface area contributed by atoms with Crippen LogP contribution >= 0.6 is 0 Å². The maximum Gasteiger partial charge on any atom is 0.414 e. The number of cyclic esters (lactones) is 1. The molecular weight excluding hydrogens is 359 g/mol. The Balaban J connectivity index is 0.00000126. The van der Waals surface area contributed by atoms with Crippen LogP contribution in [0, 0.1) is 5.82 Å². The van der Waals surface area contributed by atoms with E-state index < -0.39 is 24.4 Å². The highest BCUT2D eigenvalue weighted by Crippen LogP contribution is 2.28. The van der Waals surface area contributed by atoms with Crippen molar-refractivity contribution in [2.24, 2.45) is 5.73 Å². The largest absolute Gasteiger partial charge is 0.444 e. The summed E-state index contributed by atoms with van der Waals surface area (Å²) in [7, 11) is 1.50. The highest BCUT2D eigenvalue weighted by Gasteiger charge is 2.30. The third-order valence-corrected chi connectivity index (χ3v) is 4.14. The summed E-state index contributed by atoms with van der Waals surface area (Å²) >= 11 is 0. The molecule has 0 aromatic heterocycles. The summed E-state index contributed by atoms with van der Waals surface area (Å²) in [4.78, 5) is 31.7. The minimum atomic E-state index is -0.632. The molecule has 0 unspecified atom stereocenters. The van der Waals surface area contributed by atoms with Crippen LogP contribution in [0.25, 0.3) is 0 Å². The van der Waals surface area contributed by atoms with Crippen LogP contribution in [0.5, 0.6) is 0 Å². The normalized spacial score (nSPS) is 20.0. The van der Waals surface area contributed by atoms with Gasteiger partial charge in [0.05, 0.1) is 31.1 Å². The Labute approximate surface area is 157 Å². The number of ether oxygens (including phenoxy) is 1. The van der Waals surface area contributed by atoms with Crippen LogP contribution in [0.4, 0.5) is 20.6 Å². The van der Waals surface area contributed by atoms with E-state index in [1.54, 1.807) is 24.0 Å². The molecule has 2 fully saturated rings. The van der Waals surface area contributed by atoms with Crippen LogP contribution in [-0.4, -0.2) is 74.7 Å². The van der Waals surface area contributed by atoms with Crippen molar-refractivity contribution < 1.29 is 28.7 Å². The van der Waals surface area contributed by atoms with Gasteiger partial charge < -0.3 is 20.5 Å². The molecule has 2 amide bonds. The van der Waals surface area contributed by atoms with Gasteiger partial charge in [0, 0.05) is 13.1 Å². The van der Waals surface area contributed by atoms with Gasteiger partial charge in [0.2, 0.25) is 0 Å². The molecule has 2 aliphatic heterocycles. The Morgan fingerprint density at radius 2 is 2.07 bits per heavy atom. The van der Waals surface area contributed by atoms with Gasteiger partial charge in [-0.3, -0.25) is 14.5 Å². The standard InChI is InChI=1S/C16H20FN3O5.CH5N/c1-11-9-19(16(23)25-11)12-2-3-14(13(17)8-12)18-4-5-20(15(22)10-21)24-7-6-18;1-2/h2-3,8,11,21H,4-7,9-10H2,1H3;2H2,1H3/t11-;/m0./s1. The Bertz CT molecular complexity index is 675. The van der Waals surface area contributed by atoms with Crippen LogP contribution < -0.4 is 15.5 Å². The van der Waals surface area contributed by atoms with Crippen molar-refractivity contribution >= 4 is 23.4 Å². The predicted molar refractivity (Wildman–Crippen MR) is 96.8 cm³/mol. The average molecular weight is 384 g/mol. The summed E-state index contributed by atoms with van der Waals surface area (Å²) < 4.78 is 19.6. The van der Waals surface area contributed by atoms with Crippen molar-refractivity contribution in [1.82, 2.24) is 5.06 Å². The topological polar surface area (TPSA) is 109 Å². The molecule has 150 valence electrons. The van der Waals surface area contributed by atoms with Gasteiger partial charge in [0.15, 0.2) is 0 Å². The van der Waals surface area contributed by atoms with Crippen LogP contribution in [0.3, 0.4) is 0 Å². The minimum absolute atomic E-state index is 0.197. The Hall–Kier alpha value is -2.43. The van der Waals surface area contributed by atoms with Crippen LogP contribution in [0.15, 0.2) is 18.2 Å². The number of nitrogens with two attached hydrogens (primary N) is 1. The molecule has 0 spiro atoms. The summed E-state index contributed by atoms with van der Waals surface area (Å²) in [5.74, 6) is -0.994. The van der Waals surface area contributed by atoms with Crippen molar-refractivity contribution in [3.8, 4) is 0 Å². The first-order chi connectivity index (χ1) is 13.0. The van der Waals surface area contributed by atoms with Crippen LogP contribution in [0.2, 0.25) is 0 Å². The first kappa shape index (κ1) is 20.9. The number of carbonyl (C=O) groups is 2. The number of nitrogens with zero attached hydrogens (tertiary/aromatic N) is 3. The molecule has 0 bridgehead atoms. The number of carbonyl (C=O) groups excluding carboxylic acids is 2. The summed E-state index contributed by atoms with van der Waals surface area (Å²) in [5, 5.41) is 9.98. The lowest BCUT2D eigenvalue weighted by molar-refractivity contribution is -0.184. The molecule has 0 radical (unpaired) electrons. The monoisotopic (exact) mass is 384 g/mol. The van der Waals surface area contributed by atoms with Gasteiger partial charge in [-0.1, -0.05) is 0 Å². The third kappa shape index (κ3) is 4.85. The average Bonchev–Trinajstić information content (AvgIpc) is 2.87. The zero-order valence-corrected chi connectivity index (χ0v) is 15.4. The number of anilines is 2. The van der Waals surface area contributed by atoms with Crippen molar-refractivity contribution in [3.05, 3.63) is 24.0 Å². The molecule has 0 aliphatic carbocycles. The molecule has 1 aromatic rings. The Morgan fingerprint density at radius 3 is 2.67 bits per heavy atom. The lowest BCUT2D eigenvalue weighted by Gasteiger charge is -2.23. The molecule has 2 saturated heterocycles. The van der Waals surface area contributed by atoms with E-state index >= 15 is 0 Å². The molecule has 1 atom stereocenters. The highest BCUT2D eigenvalue weighted by molar-refractivity contribution is 5.90. The fourth-order valence-electron chi connectivity index (χ4n) is 2.90. The fraction of sp³-hybridized carbons (Fsp3) is 0.529. The van der Waals surface area contributed by atoms with E-state index in [9.17, 15) is 14.0 Å². The first-order valence-electron chi connectivity index (χ1n) is 8.64. The third-order valence-electron chi connectivity index (χ3n) is 4.14. The molecule has 9 nitrogen and oxygen atoms in total. The summed E-state index contributed by atoms with van der Waals surface area (Å²) in [5.41, 5.74) is 5.31. The molecule has 0 saturated carbocycles. The maximum absolute atomic E-state index is 14.6. The second-order valence-corrected chi connectivity index (χ2v) is 5.91. The number of benzene rings is 1. The van der Waals surface area contributed by atoms with Gasteiger partial charge in [-0.15, -0.1) is 0 Å². The van der Waals surface area contributed by atoms with Crippen molar-refractivity contribution in [2.75, 3.05) is 56.2 Å². The van der Waals surface area contributed by atoms with Gasteiger partial charge in [-0.25, -0.2) is 14.2 Å². The van der Waals surface area contributed by atoms with E-state index in [0.29, 0.717) is 31.0 Å². The number of amides is 2. The summed E-state index contributed by atoms with van der Waals surface area (Å²) in [6.45, 7) is 2.71. The van der Waals surface area contributed by atoms with Crippen LogP contribution in [-0.2, 0) is 14.4 Å². The number of rotatable bonds is 3. The SMILES string of the molecule is CN.C[C@H]1CN(c2ccc(N3CCON(C(=O)CO)CC3)c(F)c2)C(=O)O1. The fourth-order valence-corrected chi connectivity index (χ4v) is 2.90. The molecule has 1 aromatic carbocycles. The van der Waals surface area contributed by atoms with E-state index in [0.717, 1.165) is 5.06 Å². The van der Waals surface area contributed by atoms with Crippen molar-refractivity contribution in [2.45, 2.75) is 13.0 Å². The summed E-state index contributed by atoms with van der Waals surface area (Å²) in [6, 6.07) is 4.57. The predicted octanol–water partition coefficient (Wildman–Crippen LogP) is 0.318. The molecule has 2 heterocycles.